The highest BCUT2D eigenvalue weighted by Crippen LogP contribution is 2.41. The molecule has 0 aromatic carbocycles. The molecule has 0 saturated carbocycles. The van der Waals surface area contributed by atoms with Crippen molar-refractivity contribution in [1.82, 2.24) is 20.2 Å². The van der Waals surface area contributed by atoms with E-state index in [0.717, 1.165) is 16.2 Å². The Kier molecular flexibility index (Phi) is 7.29. The number of aliphatic carboxylic acids is 2. The number of rotatable bonds is 9. The number of nitrogens with one attached hydrogen (secondary N) is 3. The Morgan fingerprint density at radius 2 is 2.09 bits per heavy atom. The van der Waals surface area contributed by atoms with Gasteiger partial charge in [-0.1, -0.05) is 16.9 Å². The molecule has 13 nitrogen and oxygen atoms in total. The number of aromatic nitrogens is 2. The molecule has 0 radical (unpaired) electrons. The minimum Gasteiger partial charge on any atom is -0.481 e. The molecule has 2 aromatic heterocycles. The maximum absolute atomic E-state index is 12.8. The molecule has 4 heterocycles. The molecule has 0 spiro atoms. The number of carbonyl (C=O) groups excluding carboxylic acids is 2. The summed E-state index contributed by atoms with van der Waals surface area (Å²) in [7, 11) is 0. The maximum Gasteiger partial charge on any atom is 0.352 e. The summed E-state index contributed by atoms with van der Waals surface area (Å²) in [6.07, 6.45) is -0.204. The first kappa shape index (κ1) is 25.0. The van der Waals surface area contributed by atoms with Crippen molar-refractivity contribution in [1.29, 1.82) is 5.41 Å². The number of carbonyl (C=O) groups is 4. The monoisotopic (exact) mass is 556 g/mol. The van der Waals surface area contributed by atoms with Crippen molar-refractivity contribution in [2.75, 3.05) is 11.5 Å². The third-order valence-corrected chi connectivity index (χ3v) is 9.07. The van der Waals surface area contributed by atoms with E-state index in [-0.39, 0.29) is 28.4 Å². The third kappa shape index (κ3) is 5.12. The predicted molar refractivity (Wildman–Crippen MR) is 127 cm³/mol. The molecular weight excluding hydrogens is 541 g/mol. The molecule has 1 fully saturated rings. The van der Waals surface area contributed by atoms with Crippen LogP contribution in [0.15, 0.2) is 31.5 Å². The van der Waals surface area contributed by atoms with E-state index in [2.05, 4.69) is 20.4 Å². The zero-order chi connectivity index (χ0) is 25.3. The number of aromatic amines is 1. The molecular formula is C18H16N6O7S4. The van der Waals surface area contributed by atoms with Gasteiger partial charge in [-0.15, -0.1) is 34.4 Å². The Labute approximate surface area is 212 Å². The van der Waals surface area contributed by atoms with Crippen molar-refractivity contribution < 1.29 is 34.6 Å². The first-order chi connectivity index (χ1) is 16.7. The number of β-lactam (4-membered cyclic amide) rings is 1. The molecule has 2 aromatic rings. The molecule has 2 amide bonds. The molecule has 6 N–H and O–H groups in total. The molecule has 4 rings (SSSR count). The fourth-order valence-electron chi connectivity index (χ4n) is 3.38. The quantitative estimate of drug-likeness (QED) is 0.0820. The second kappa shape index (κ2) is 10.2. The number of thioether (sulfide) groups is 2. The molecule has 35 heavy (non-hydrogen) atoms. The molecule has 0 aliphatic carbocycles. The van der Waals surface area contributed by atoms with Crippen molar-refractivity contribution in [2.45, 2.75) is 22.2 Å². The minimum absolute atomic E-state index is 0.0418. The van der Waals surface area contributed by atoms with E-state index < -0.39 is 40.9 Å². The summed E-state index contributed by atoms with van der Waals surface area (Å²) in [5.74, 6) is -3.19. The van der Waals surface area contributed by atoms with Crippen LogP contribution in [0.25, 0.3) is 0 Å². The molecule has 2 aliphatic heterocycles. The highest BCUT2D eigenvalue weighted by Gasteiger charge is 2.54. The maximum atomic E-state index is 12.8. The van der Waals surface area contributed by atoms with Gasteiger partial charge in [0, 0.05) is 22.3 Å². The van der Waals surface area contributed by atoms with E-state index in [1.165, 1.54) is 40.2 Å². The second-order valence-corrected chi connectivity index (χ2v) is 11.2. The van der Waals surface area contributed by atoms with Crippen LogP contribution in [-0.4, -0.2) is 82.7 Å². The molecule has 0 bridgehead atoms. The molecule has 1 saturated heterocycles. The zero-order valence-corrected chi connectivity index (χ0v) is 20.6. The Bertz CT molecular complexity index is 1330. The van der Waals surface area contributed by atoms with Crippen LogP contribution in [0, 0.1) is 5.41 Å². The third-order valence-electron chi connectivity index (χ3n) is 4.88. The Hall–Kier alpha value is -3.15. The van der Waals surface area contributed by atoms with Crippen LogP contribution in [-0.2, 0) is 25.6 Å². The summed E-state index contributed by atoms with van der Waals surface area (Å²) >= 11 is 4.79. The predicted octanol–water partition coefficient (Wildman–Crippen LogP) is 0.348. The smallest absolute Gasteiger partial charge is 0.352 e. The number of carboxylic acids is 2. The van der Waals surface area contributed by atoms with Gasteiger partial charge >= 0.3 is 11.9 Å². The lowest BCUT2D eigenvalue weighted by molar-refractivity contribution is -0.150. The number of fused-ring (bicyclic) bond motifs is 1. The first-order valence-electron chi connectivity index (χ1n) is 9.64. The summed E-state index contributed by atoms with van der Waals surface area (Å²) < 4.78 is 0.586. The minimum atomic E-state index is -1.27. The van der Waals surface area contributed by atoms with E-state index >= 15 is 0 Å². The van der Waals surface area contributed by atoms with Crippen LogP contribution >= 0.6 is 46.2 Å². The van der Waals surface area contributed by atoms with Gasteiger partial charge in [0.1, 0.15) is 21.5 Å². The lowest BCUT2D eigenvalue weighted by Crippen LogP contribution is -2.71. The van der Waals surface area contributed by atoms with Crippen molar-refractivity contribution in [2.24, 2.45) is 5.16 Å². The largest absolute Gasteiger partial charge is 0.481 e. The summed E-state index contributed by atoms with van der Waals surface area (Å²) in [6.45, 7) is 0. The number of nitrogens with zero attached hydrogens (tertiary/aromatic N) is 3. The van der Waals surface area contributed by atoms with Gasteiger partial charge in [0.25, 0.3) is 11.8 Å². The van der Waals surface area contributed by atoms with Gasteiger partial charge in [-0.3, -0.25) is 24.7 Å². The van der Waals surface area contributed by atoms with E-state index in [0.29, 0.717) is 21.4 Å². The van der Waals surface area contributed by atoms with Crippen molar-refractivity contribution in [3.63, 3.8) is 0 Å². The highest BCUT2D eigenvalue weighted by atomic mass is 32.2. The topological polar surface area (TPSA) is 209 Å². The normalized spacial score (nSPS) is 19.8. The zero-order valence-electron chi connectivity index (χ0n) is 17.4. The van der Waals surface area contributed by atoms with Crippen LogP contribution in [0.1, 0.15) is 11.4 Å². The molecule has 184 valence electrons. The van der Waals surface area contributed by atoms with Gasteiger partial charge in [-0.05, 0) is 5.57 Å². The summed E-state index contributed by atoms with van der Waals surface area (Å²) in [5.41, 5.74) is 0.477. The number of amides is 2. The number of oxime groups is 1. The fourth-order valence-corrected chi connectivity index (χ4v) is 7.28. The second-order valence-electron chi connectivity index (χ2n) is 7.13. The molecule has 2 atom stereocenters. The Morgan fingerprint density at radius 1 is 1.31 bits per heavy atom. The highest BCUT2D eigenvalue weighted by molar-refractivity contribution is 8.01. The Morgan fingerprint density at radius 3 is 2.71 bits per heavy atom. The van der Waals surface area contributed by atoms with E-state index in [1.54, 1.807) is 5.38 Å². The summed E-state index contributed by atoms with van der Waals surface area (Å²) in [5, 5.41) is 43.2. The van der Waals surface area contributed by atoms with Gasteiger partial charge < -0.3 is 25.7 Å². The van der Waals surface area contributed by atoms with Crippen LogP contribution in [0.4, 0.5) is 0 Å². The Balaban J connectivity index is 1.45. The van der Waals surface area contributed by atoms with Crippen LogP contribution < -0.4 is 10.1 Å². The van der Waals surface area contributed by atoms with Crippen molar-refractivity contribution >= 4 is 75.7 Å². The van der Waals surface area contributed by atoms with E-state index in [1.807, 2.05) is 0 Å². The SMILES string of the molecule is N=c1[nH]c(C(=NO)C(=O)NC2C(=O)N3C(C(=O)O)=C(CSc4nc(CC(=O)O)cs4)CS[C@@H]23)cs1. The fraction of sp³-hybridized carbons (Fsp3) is 0.278. The number of H-pyrrole nitrogens is 1. The molecule has 2 aliphatic rings. The van der Waals surface area contributed by atoms with E-state index in [9.17, 15) is 29.5 Å². The average Bonchev–Trinajstić information content (AvgIpc) is 3.43. The lowest BCUT2D eigenvalue weighted by Gasteiger charge is -2.49. The number of carboxylic acid groups (broad SMARTS) is 2. The summed E-state index contributed by atoms with van der Waals surface area (Å²) in [6, 6.07) is -1.01. The number of thiazole rings is 2. The van der Waals surface area contributed by atoms with E-state index in [4.69, 9.17) is 10.5 Å². The van der Waals surface area contributed by atoms with Crippen LogP contribution in [0.3, 0.4) is 0 Å². The van der Waals surface area contributed by atoms with Gasteiger partial charge in [0.15, 0.2) is 10.5 Å². The summed E-state index contributed by atoms with van der Waals surface area (Å²) in [4.78, 5) is 56.2. The number of hydrogen-bond acceptors (Lipinski definition) is 12. The standard InChI is InChI=1S/C18H16N6O7S4/c19-17-21-8(5-33-17)10(23-31)13(27)22-11-14(28)24-12(16(29)30)6(2-32-15(11)24)3-34-18-20-7(4-35-18)1-9(25)26/h4-5,11,15,31H,1-3H2,(H2,19,21)(H,22,27)(H,25,26)(H,29,30)/t11?,15-/m0/s1. The molecule has 1 unspecified atom stereocenters. The van der Waals surface area contributed by atoms with Gasteiger partial charge in [-0.25, -0.2) is 9.78 Å². The van der Waals surface area contributed by atoms with Gasteiger partial charge in [-0.2, -0.15) is 0 Å². The molecule has 17 heteroatoms. The van der Waals surface area contributed by atoms with Crippen molar-refractivity contribution in [3.8, 4) is 0 Å². The van der Waals surface area contributed by atoms with Gasteiger partial charge in [0.05, 0.1) is 17.8 Å². The van der Waals surface area contributed by atoms with Crippen LogP contribution in [0.2, 0.25) is 0 Å². The van der Waals surface area contributed by atoms with Crippen molar-refractivity contribution in [3.05, 3.63) is 38.2 Å². The number of hydrogen-bond donors (Lipinski definition) is 6. The first-order valence-corrected chi connectivity index (χ1v) is 13.4. The van der Waals surface area contributed by atoms with Crippen LogP contribution in [0.5, 0.6) is 0 Å². The lowest BCUT2D eigenvalue weighted by atomic mass is 10.0. The van der Waals surface area contributed by atoms with Gasteiger partial charge in [0.2, 0.25) is 0 Å². The average molecular weight is 557 g/mol.